The van der Waals surface area contributed by atoms with E-state index in [9.17, 15) is 19.2 Å². The van der Waals surface area contributed by atoms with Gasteiger partial charge in [-0.1, -0.05) is 11.8 Å². The Morgan fingerprint density at radius 2 is 1.80 bits per heavy atom. The minimum Gasteiger partial charge on any atom is -0.481 e. The Bertz CT molecular complexity index is 302. The van der Waals surface area contributed by atoms with Gasteiger partial charge in [-0.15, -0.1) is 0 Å². The molecule has 3 N–H and O–H groups in total. The van der Waals surface area contributed by atoms with Gasteiger partial charge in [0.15, 0.2) is 0 Å². The summed E-state index contributed by atoms with van der Waals surface area (Å²) >= 11 is 0.327. The highest BCUT2D eigenvalue weighted by molar-refractivity contribution is 8.15. The van der Waals surface area contributed by atoms with Crippen molar-refractivity contribution in [2.45, 2.75) is 13.0 Å². The molecule has 0 aromatic heterocycles. The van der Waals surface area contributed by atoms with Gasteiger partial charge >= 0.3 is 12.1 Å². The number of carbonyl (C=O) groups excluding carboxylic acids is 2. The van der Waals surface area contributed by atoms with Gasteiger partial charge in [0.1, 0.15) is 0 Å². The van der Waals surface area contributed by atoms with Crippen LogP contribution in [0.4, 0.5) is 4.79 Å². The lowest BCUT2D eigenvalue weighted by Crippen LogP contribution is -2.40. The third-order valence-electron chi connectivity index (χ3n) is 1.26. The van der Waals surface area contributed by atoms with E-state index < -0.39 is 34.8 Å². The number of nitrogens with one attached hydrogen (secondary N) is 1. The molecule has 0 rings (SSSR count). The maximum absolute atomic E-state index is 11.1. The number of carboxylic acids is 1. The summed E-state index contributed by atoms with van der Waals surface area (Å²) in [7, 11) is 0. The Balaban J connectivity index is 4.13. The number of carbonyl (C=O) groups is 4. The van der Waals surface area contributed by atoms with Crippen molar-refractivity contribution in [1.29, 1.82) is 0 Å². The number of ketones is 1. The van der Waals surface area contributed by atoms with Crippen molar-refractivity contribution in [2.75, 3.05) is 5.75 Å². The van der Waals surface area contributed by atoms with Crippen LogP contribution in [-0.2, 0) is 14.4 Å². The highest BCUT2D eigenvalue weighted by Crippen LogP contribution is 2.04. The van der Waals surface area contributed by atoms with Crippen LogP contribution in [0.5, 0.6) is 0 Å². The predicted octanol–water partition coefficient (Wildman–Crippen LogP) is -0.444. The fraction of sp³-hybridized carbons (Fsp3) is 0.429. The molecule has 84 valence electrons. The molecule has 0 fully saturated rings. The molecule has 0 saturated carbocycles. The fourth-order valence-electron chi connectivity index (χ4n) is 0.626. The lowest BCUT2D eigenvalue weighted by Gasteiger charge is -2.07. The Morgan fingerprint density at radius 3 is 2.20 bits per heavy atom. The zero-order valence-corrected chi connectivity index (χ0v) is 8.54. The van der Waals surface area contributed by atoms with Crippen molar-refractivity contribution in [1.82, 2.24) is 5.32 Å². The lowest BCUT2D eigenvalue weighted by atomic mass is 10.2. The smallest absolute Gasteiger partial charge is 0.405 e. The van der Waals surface area contributed by atoms with Crippen molar-refractivity contribution in [3.63, 3.8) is 0 Å². The number of amides is 1. The van der Waals surface area contributed by atoms with Crippen molar-refractivity contribution in [3.05, 3.63) is 0 Å². The molecule has 0 aromatic carbocycles. The molecule has 0 bridgehead atoms. The number of Topliss-reactive ketones (excluding diaryl/α,β-unsaturated/α-hetero) is 1. The molecule has 0 radical (unpaired) electrons. The quantitative estimate of drug-likeness (QED) is 0.552. The Labute approximate surface area is 88.8 Å². The minimum atomic E-state index is -1.42. The zero-order valence-electron chi connectivity index (χ0n) is 7.72. The maximum Gasteiger partial charge on any atom is 0.405 e. The van der Waals surface area contributed by atoms with Crippen LogP contribution in [0.15, 0.2) is 0 Å². The Morgan fingerprint density at radius 1 is 1.27 bits per heavy atom. The van der Waals surface area contributed by atoms with E-state index in [0.717, 1.165) is 0 Å². The summed E-state index contributed by atoms with van der Waals surface area (Å²) < 4.78 is 0. The summed E-state index contributed by atoms with van der Waals surface area (Å²) in [4.78, 5) is 42.3. The molecule has 0 heterocycles. The zero-order chi connectivity index (χ0) is 12.0. The van der Waals surface area contributed by atoms with Crippen molar-refractivity contribution in [3.8, 4) is 0 Å². The van der Waals surface area contributed by atoms with Gasteiger partial charge in [0.2, 0.25) is 5.78 Å². The number of rotatable bonds is 5. The standard InChI is InChI=1S/C7H9NO6S/c1-3(8-7(13)14)5(11)6(12)15-2-4(9)10/h3,8H,2H2,1H3,(H,9,10)(H,13,14)/t3-/m1/s1. The van der Waals surface area contributed by atoms with E-state index in [1.54, 1.807) is 5.32 Å². The van der Waals surface area contributed by atoms with Crippen molar-refractivity contribution >= 4 is 34.7 Å². The van der Waals surface area contributed by atoms with E-state index in [2.05, 4.69) is 0 Å². The number of hydrogen-bond donors (Lipinski definition) is 3. The molecule has 1 atom stereocenters. The molecule has 8 heteroatoms. The highest BCUT2D eigenvalue weighted by Gasteiger charge is 2.23. The van der Waals surface area contributed by atoms with Gasteiger partial charge < -0.3 is 15.5 Å². The number of aliphatic carboxylic acids is 1. The molecule has 7 nitrogen and oxygen atoms in total. The van der Waals surface area contributed by atoms with Gasteiger partial charge in [-0.05, 0) is 6.92 Å². The second-order valence-corrected chi connectivity index (χ2v) is 3.45. The summed E-state index contributed by atoms with van der Waals surface area (Å²) in [6, 6.07) is -1.17. The largest absolute Gasteiger partial charge is 0.481 e. The molecule has 0 unspecified atom stereocenters. The summed E-state index contributed by atoms with van der Waals surface area (Å²) in [6.45, 7) is 1.20. The van der Waals surface area contributed by atoms with Gasteiger partial charge in [0.05, 0.1) is 11.8 Å². The van der Waals surface area contributed by atoms with Crippen LogP contribution in [-0.4, -0.2) is 45.0 Å². The average molecular weight is 235 g/mol. The summed E-state index contributed by atoms with van der Waals surface area (Å²) in [5.74, 6) is -2.71. The minimum absolute atomic E-state index is 0.327. The van der Waals surface area contributed by atoms with Crippen LogP contribution < -0.4 is 5.32 Å². The second kappa shape index (κ2) is 6.02. The number of hydrogen-bond acceptors (Lipinski definition) is 5. The van der Waals surface area contributed by atoms with Crippen molar-refractivity contribution < 1.29 is 29.4 Å². The molecule has 1 amide bonds. The fourth-order valence-corrected chi connectivity index (χ4v) is 1.20. The lowest BCUT2D eigenvalue weighted by molar-refractivity contribution is -0.134. The molecule has 0 aliphatic rings. The molecule has 0 aliphatic heterocycles. The van der Waals surface area contributed by atoms with Gasteiger partial charge in [0.25, 0.3) is 5.12 Å². The first-order valence-corrected chi connectivity index (χ1v) is 4.75. The van der Waals surface area contributed by atoms with Crippen LogP contribution in [0, 0.1) is 0 Å². The first-order chi connectivity index (χ1) is 6.84. The third kappa shape index (κ3) is 5.68. The predicted molar refractivity (Wildman–Crippen MR) is 50.7 cm³/mol. The summed E-state index contributed by atoms with van der Waals surface area (Å²) in [5.41, 5.74) is 0. The molecule has 0 aromatic rings. The molecule has 15 heavy (non-hydrogen) atoms. The van der Waals surface area contributed by atoms with Crippen LogP contribution in [0.1, 0.15) is 6.92 Å². The number of carboxylic acid groups (broad SMARTS) is 2. The van der Waals surface area contributed by atoms with Crippen molar-refractivity contribution in [2.24, 2.45) is 0 Å². The van der Waals surface area contributed by atoms with E-state index in [0.29, 0.717) is 11.8 Å². The van der Waals surface area contributed by atoms with Crippen LogP contribution in [0.25, 0.3) is 0 Å². The molecule has 0 saturated heterocycles. The normalized spacial score (nSPS) is 11.5. The van der Waals surface area contributed by atoms with Gasteiger partial charge in [-0.3, -0.25) is 14.4 Å². The van der Waals surface area contributed by atoms with Crippen LogP contribution in [0.3, 0.4) is 0 Å². The SMILES string of the molecule is C[C@@H](NC(=O)O)C(=O)C(=O)SCC(=O)O. The van der Waals surface area contributed by atoms with Crippen LogP contribution in [0.2, 0.25) is 0 Å². The third-order valence-corrected chi connectivity index (χ3v) is 2.12. The maximum atomic E-state index is 11.1. The first kappa shape index (κ1) is 13.4. The molecular weight excluding hydrogens is 226 g/mol. The number of thioether (sulfide) groups is 1. The Kier molecular flexibility index (Phi) is 5.39. The molecule has 0 spiro atoms. The Hall–Kier alpha value is -1.57. The monoisotopic (exact) mass is 235 g/mol. The van der Waals surface area contributed by atoms with E-state index in [4.69, 9.17) is 10.2 Å². The van der Waals surface area contributed by atoms with Gasteiger partial charge in [0, 0.05) is 0 Å². The van der Waals surface area contributed by atoms with E-state index in [-0.39, 0.29) is 0 Å². The van der Waals surface area contributed by atoms with E-state index >= 15 is 0 Å². The second-order valence-electron chi connectivity index (χ2n) is 2.51. The van der Waals surface area contributed by atoms with Gasteiger partial charge in [-0.2, -0.15) is 0 Å². The summed E-state index contributed by atoms with van der Waals surface area (Å²) in [6.07, 6.45) is -1.42. The molecule has 0 aliphatic carbocycles. The van der Waals surface area contributed by atoms with E-state index in [1.165, 1.54) is 6.92 Å². The van der Waals surface area contributed by atoms with Gasteiger partial charge in [-0.25, -0.2) is 4.79 Å². The summed E-state index contributed by atoms with van der Waals surface area (Å²) in [5, 5.41) is 17.3. The highest BCUT2D eigenvalue weighted by atomic mass is 32.2. The average Bonchev–Trinajstić information content (AvgIpc) is 2.11. The topological polar surface area (TPSA) is 121 Å². The molecular formula is C7H9NO6S. The van der Waals surface area contributed by atoms with E-state index in [1.807, 2.05) is 0 Å². The first-order valence-electron chi connectivity index (χ1n) is 3.76. The van der Waals surface area contributed by atoms with Crippen LogP contribution >= 0.6 is 11.8 Å².